The standard InChI is InChI=1S/C14H13BrO/c15-10-11-16-14-8-6-13(7-9-14)12-4-2-1-3-5-12/h1-9H,10-11H2. The van der Waals surface area contributed by atoms with Crippen molar-refractivity contribution < 1.29 is 4.74 Å². The second-order valence-electron chi connectivity index (χ2n) is 3.43. The van der Waals surface area contributed by atoms with Crippen molar-refractivity contribution in [3.8, 4) is 16.9 Å². The third-order valence-electron chi connectivity index (χ3n) is 2.31. The highest BCUT2D eigenvalue weighted by Crippen LogP contribution is 2.21. The Morgan fingerprint density at radius 3 is 2.06 bits per heavy atom. The average Bonchev–Trinajstić information content (AvgIpc) is 2.38. The van der Waals surface area contributed by atoms with Gasteiger partial charge in [0.2, 0.25) is 0 Å². The van der Waals surface area contributed by atoms with Crippen molar-refractivity contribution in [1.82, 2.24) is 0 Å². The van der Waals surface area contributed by atoms with Gasteiger partial charge in [-0.25, -0.2) is 0 Å². The van der Waals surface area contributed by atoms with Crippen LogP contribution in [0.5, 0.6) is 5.75 Å². The first-order valence-corrected chi connectivity index (χ1v) is 6.36. The van der Waals surface area contributed by atoms with Crippen molar-refractivity contribution in [3.63, 3.8) is 0 Å². The second-order valence-corrected chi connectivity index (χ2v) is 4.22. The van der Waals surface area contributed by atoms with Crippen LogP contribution < -0.4 is 4.74 Å². The molecule has 0 saturated heterocycles. The summed E-state index contributed by atoms with van der Waals surface area (Å²) < 4.78 is 5.50. The first-order chi connectivity index (χ1) is 7.90. The van der Waals surface area contributed by atoms with Crippen molar-refractivity contribution in [2.75, 3.05) is 11.9 Å². The summed E-state index contributed by atoms with van der Waals surface area (Å²) >= 11 is 3.33. The maximum Gasteiger partial charge on any atom is 0.119 e. The number of alkyl halides is 1. The van der Waals surface area contributed by atoms with Crippen LogP contribution in [0.2, 0.25) is 0 Å². The molecule has 82 valence electrons. The third-order valence-corrected chi connectivity index (χ3v) is 2.63. The minimum atomic E-state index is 0.699. The van der Waals surface area contributed by atoms with Gasteiger partial charge in [0.15, 0.2) is 0 Å². The van der Waals surface area contributed by atoms with Crippen LogP contribution in [-0.4, -0.2) is 11.9 Å². The zero-order valence-corrected chi connectivity index (χ0v) is 10.5. The van der Waals surface area contributed by atoms with E-state index in [0.717, 1.165) is 11.1 Å². The van der Waals surface area contributed by atoms with Gasteiger partial charge in [-0.05, 0) is 23.3 Å². The number of hydrogen-bond acceptors (Lipinski definition) is 1. The minimum Gasteiger partial charge on any atom is -0.493 e. The van der Waals surface area contributed by atoms with Crippen molar-refractivity contribution in [2.45, 2.75) is 0 Å². The maximum atomic E-state index is 5.50. The van der Waals surface area contributed by atoms with E-state index in [-0.39, 0.29) is 0 Å². The van der Waals surface area contributed by atoms with E-state index in [2.05, 4.69) is 40.2 Å². The monoisotopic (exact) mass is 276 g/mol. The lowest BCUT2D eigenvalue weighted by molar-refractivity contribution is 0.345. The molecule has 0 aromatic heterocycles. The van der Waals surface area contributed by atoms with E-state index >= 15 is 0 Å². The highest BCUT2D eigenvalue weighted by Gasteiger charge is 1.97. The first kappa shape index (κ1) is 11.2. The molecular formula is C14H13BrO. The zero-order valence-electron chi connectivity index (χ0n) is 8.90. The number of rotatable bonds is 4. The molecule has 0 saturated carbocycles. The normalized spacial score (nSPS) is 10.1. The van der Waals surface area contributed by atoms with Gasteiger partial charge >= 0.3 is 0 Å². The van der Waals surface area contributed by atoms with Crippen LogP contribution in [-0.2, 0) is 0 Å². The Morgan fingerprint density at radius 1 is 0.812 bits per heavy atom. The fourth-order valence-corrected chi connectivity index (χ4v) is 1.69. The molecule has 2 aromatic rings. The van der Waals surface area contributed by atoms with Crippen molar-refractivity contribution >= 4 is 15.9 Å². The Balaban J connectivity index is 2.13. The van der Waals surface area contributed by atoms with E-state index in [1.54, 1.807) is 0 Å². The molecule has 0 spiro atoms. The zero-order chi connectivity index (χ0) is 11.2. The summed E-state index contributed by atoms with van der Waals surface area (Å²) in [5, 5.41) is 0.855. The van der Waals surface area contributed by atoms with E-state index in [1.165, 1.54) is 11.1 Å². The summed E-state index contributed by atoms with van der Waals surface area (Å²) in [7, 11) is 0. The Hall–Kier alpha value is -1.28. The molecule has 0 aliphatic heterocycles. The molecular weight excluding hydrogens is 264 g/mol. The Morgan fingerprint density at radius 2 is 1.44 bits per heavy atom. The quantitative estimate of drug-likeness (QED) is 0.763. The Bertz CT molecular complexity index is 422. The van der Waals surface area contributed by atoms with E-state index < -0.39 is 0 Å². The molecule has 0 unspecified atom stereocenters. The molecule has 0 atom stereocenters. The van der Waals surface area contributed by atoms with Crippen LogP contribution in [0, 0.1) is 0 Å². The smallest absolute Gasteiger partial charge is 0.119 e. The maximum absolute atomic E-state index is 5.50. The topological polar surface area (TPSA) is 9.23 Å². The van der Waals surface area contributed by atoms with Crippen molar-refractivity contribution in [2.24, 2.45) is 0 Å². The van der Waals surface area contributed by atoms with Crippen LogP contribution in [0.25, 0.3) is 11.1 Å². The van der Waals surface area contributed by atoms with Crippen LogP contribution in [0.3, 0.4) is 0 Å². The summed E-state index contributed by atoms with van der Waals surface area (Å²) in [5.41, 5.74) is 2.45. The van der Waals surface area contributed by atoms with Crippen molar-refractivity contribution in [3.05, 3.63) is 54.6 Å². The summed E-state index contributed by atoms with van der Waals surface area (Å²) in [6.45, 7) is 0.699. The van der Waals surface area contributed by atoms with Crippen molar-refractivity contribution in [1.29, 1.82) is 0 Å². The lowest BCUT2D eigenvalue weighted by Crippen LogP contribution is -1.97. The van der Waals surface area contributed by atoms with Gasteiger partial charge in [-0.3, -0.25) is 0 Å². The molecule has 0 amide bonds. The van der Waals surface area contributed by atoms with E-state index in [1.807, 2.05) is 30.3 Å². The number of benzene rings is 2. The largest absolute Gasteiger partial charge is 0.493 e. The number of halogens is 1. The molecule has 2 aromatic carbocycles. The van der Waals surface area contributed by atoms with Gasteiger partial charge in [0.25, 0.3) is 0 Å². The molecule has 0 aliphatic carbocycles. The molecule has 16 heavy (non-hydrogen) atoms. The lowest BCUT2D eigenvalue weighted by Gasteiger charge is -2.05. The average molecular weight is 277 g/mol. The predicted octanol–water partition coefficient (Wildman–Crippen LogP) is 4.13. The van der Waals surface area contributed by atoms with Crippen LogP contribution in [0.1, 0.15) is 0 Å². The SMILES string of the molecule is BrCCOc1ccc(-c2ccccc2)cc1. The second kappa shape index (κ2) is 5.71. The molecule has 1 nitrogen and oxygen atoms in total. The summed E-state index contributed by atoms with van der Waals surface area (Å²) in [6.07, 6.45) is 0. The first-order valence-electron chi connectivity index (χ1n) is 5.24. The molecule has 0 N–H and O–H groups in total. The van der Waals surface area contributed by atoms with Gasteiger partial charge in [-0.15, -0.1) is 0 Å². The van der Waals surface area contributed by atoms with Gasteiger partial charge in [-0.1, -0.05) is 58.4 Å². The fourth-order valence-electron chi connectivity index (χ4n) is 1.53. The minimum absolute atomic E-state index is 0.699. The Kier molecular flexibility index (Phi) is 4.00. The molecule has 0 radical (unpaired) electrons. The summed E-state index contributed by atoms with van der Waals surface area (Å²) in [5.74, 6) is 0.916. The van der Waals surface area contributed by atoms with Gasteiger partial charge in [0.05, 0.1) is 6.61 Å². The molecule has 0 aliphatic rings. The summed E-state index contributed by atoms with van der Waals surface area (Å²) in [6, 6.07) is 18.5. The summed E-state index contributed by atoms with van der Waals surface area (Å²) in [4.78, 5) is 0. The van der Waals surface area contributed by atoms with Crippen LogP contribution in [0.15, 0.2) is 54.6 Å². The number of hydrogen-bond donors (Lipinski definition) is 0. The van der Waals surface area contributed by atoms with Gasteiger partial charge in [0.1, 0.15) is 5.75 Å². The fraction of sp³-hybridized carbons (Fsp3) is 0.143. The molecule has 0 heterocycles. The molecule has 2 rings (SSSR count). The van der Waals surface area contributed by atoms with Gasteiger partial charge in [0, 0.05) is 5.33 Å². The van der Waals surface area contributed by atoms with Crippen LogP contribution in [0.4, 0.5) is 0 Å². The predicted molar refractivity (Wildman–Crippen MR) is 71.2 cm³/mol. The third kappa shape index (κ3) is 2.86. The Labute approximate surface area is 104 Å². The van der Waals surface area contributed by atoms with Gasteiger partial charge < -0.3 is 4.74 Å². The molecule has 0 fully saturated rings. The van der Waals surface area contributed by atoms with Gasteiger partial charge in [-0.2, -0.15) is 0 Å². The van der Waals surface area contributed by atoms with E-state index in [9.17, 15) is 0 Å². The molecule has 0 bridgehead atoms. The van der Waals surface area contributed by atoms with E-state index in [4.69, 9.17) is 4.74 Å². The number of ether oxygens (including phenoxy) is 1. The van der Waals surface area contributed by atoms with E-state index in [0.29, 0.717) is 6.61 Å². The molecule has 2 heteroatoms. The highest BCUT2D eigenvalue weighted by atomic mass is 79.9. The van der Waals surface area contributed by atoms with Crippen LogP contribution >= 0.6 is 15.9 Å². The highest BCUT2D eigenvalue weighted by molar-refractivity contribution is 9.09. The lowest BCUT2D eigenvalue weighted by atomic mass is 10.1.